The predicted molar refractivity (Wildman–Crippen MR) is 55.2 cm³/mol. The molecule has 1 aromatic carbocycles. The van der Waals surface area contributed by atoms with Gasteiger partial charge in [-0.05, 0) is 11.6 Å². The molecule has 0 N–H and O–H groups in total. The van der Waals surface area contributed by atoms with Crippen LogP contribution in [0.2, 0.25) is 0 Å². The fraction of sp³-hybridized carbons (Fsp3) is 0.364. The molecule has 2 rings (SSSR count). The van der Waals surface area contributed by atoms with Gasteiger partial charge in [0.15, 0.2) is 0 Å². The molecule has 1 aliphatic rings. The molecule has 0 aliphatic carbocycles. The summed E-state index contributed by atoms with van der Waals surface area (Å²) in [5.41, 5.74) is 2.00. The van der Waals surface area contributed by atoms with Crippen LogP contribution in [-0.2, 0) is 11.3 Å². The SMILES string of the molecule is CN1Cc2ccccc2C1=O.COC. The third-order valence-corrected chi connectivity index (χ3v) is 2.00. The third-order valence-electron chi connectivity index (χ3n) is 2.00. The number of hydrogen-bond donors (Lipinski definition) is 0. The van der Waals surface area contributed by atoms with Crippen molar-refractivity contribution in [3.05, 3.63) is 35.4 Å². The zero-order valence-corrected chi connectivity index (χ0v) is 8.78. The molecule has 1 heterocycles. The lowest BCUT2D eigenvalue weighted by Crippen LogP contribution is -2.17. The predicted octanol–water partition coefficient (Wildman–Crippen LogP) is 1.53. The molecule has 76 valence electrons. The van der Waals surface area contributed by atoms with Gasteiger partial charge >= 0.3 is 0 Å². The number of methoxy groups -OCH3 is 1. The molecule has 1 amide bonds. The van der Waals surface area contributed by atoms with Crippen molar-refractivity contribution in [2.75, 3.05) is 21.3 Å². The van der Waals surface area contributed by atoms with Gasteiger partial charge in [-0.2, -0.15) is 0 Å². The highest BCUT2D eigenvalue weighted by Crippen LogP contribution is 2.19. The molecule has 0 aromatic heterocycles. The van der Waals surface area contributed by atoms with Crippen molar-refractivity contribution in [2.24, 2.45) is 0 Å². The molecule has 0 saturated carbocycles. The van der Waals surface area contributed by atoms with Gasteiger partial charge in [0.05, 0.1) is 0 Å². The minimum absolute atomic E-state index is 0.139. The molecule has 0 fully saturated rings. The van der Waals surface area contributed by atoms with Gasteiger partial charge < -0.3 is 9.64 Å². The summed E-state index contributed by atoms with van der Waals surface area (Å²) < 4.78 is 4.25. The van der Waals surface area contributed by atoms with E-state index in [0.717, 1.165) is 17.7 Å². The van der Waals surface area contributed by atoms with E-state index in [1.807, 2.05) is 31.3 Å². The van der Waals surface area contributed by atoms with E-state index in [0.29, 0.717) is 0 Å². The van der Waals surface area contributed by atoms with Gasteiger partial charge in [0, 0.05) is 33.4 Å². The van der Waals surface area contributed by atoms with Crippen molar-refractivity contribution in [2.45, 2.75) is 6.54 Å². The number of benzene rings is 1. The molecule has 0 unspecified atom stereocenters. The standard InChI is InChI=1S/C9H9NO.C2H6O/c1-10-6-7-4-2-3-5-8(7)9(10)11;1-3-2/h2-5H,6H2,1H3;1-2H3. The summed E-state index contributed by atoms with van der Waals surface area (Å²) in [6.45, 7) is 0.759. The molecule has 14 heavy (non-hydrogen) atoms. The normalized spacial score (nSPS) is 13.4. The second-order valence-corrected chi connectivity index (χ2v) is 3.23. The molecule has 0 radical (unpaired) electrons. The summed E-state index contributed by atoms with van der Waals surface area (Å²) in [6, 6.07) is 7.74. The Kier molecular flexibility index (Phi) is 3.65. The first kappa shape index (κ1) is 10.7. The number of ether oxygens (including phenoxy) is 1. The maximum Gasteiger partial charge on any atom is 0.254 e. The van der Waals surface area contributed by atoms with Crippen molar-refractivity contribution in [1.82, 2.24) is 4.90 Å². The topological polar surface area (TPSA) is 29.5 Å². The molecule has 0 atom stereocenters. The molecular formula is C11H15NO2. The number of carbonyl (C=O) groups excluding carboxylic acids is 1. The van der Waals surface area contributed by atoms with E-state index in [4.69, 9.17) is 0 Å². The van der Waals surface area contributed by atoms with Crippen LogP contribution in [0.15, 0.2) is 24.3 Å². The van der Waals surface area contributed by atoms with Crippen LogP contribution in [0.5, 0.6) is 0 Å². The molecule has 1 aliphatic heterocycles. The second-order valence-electron chi connectivity index (χ2n) is 3.23. The number of fused-ring (bicyclic) bond motifs is 1. The average Bonchev–Trinajstić information content (AvgIpc) is 2.45. The number of rotatable bonds is 0. The number of nitrogens with zero attached hydrogens (tertiary/aromatic N) is 1. The summed E-state index contributed by atoms with van der Waals surface area (Å²) >= 11 is 0. The van der Waals surface area contributed by atoms with Crippen molar-refractivity contribution < 1.29 is 9.53 Å². The Hall–Kier alpha value is -1.35. The Labute approximate surface area is 84.3 Å². The highest BCUT2D eigenvalue weighted by molar-refractivity contribution is 5.98. The summed E-state index contributed by atoms with van der Waals surface area (Å²) in [4.78, 5) is 13.0. The zero-order valence-electron chi connectivity index (χ0n) is 8.78. The van der Waals surface area contributed by atoms with Crippen molar-refractivity contribution in [3.63, 3.8) is 0 Å². The zero-order chi connectivity index (χ0) is 10.6. The molecule has 3 heteroatoms. The maximum atomic E-state index is 11.3. The van der Waals surface area contributed by atoms with Crippen molar-refractivity contribution in [1.29, 1.82) is 0 Å². The fourth-order valence-electron chi connectivity index (χ4n) is 1.40. The van der Waals surface area contributed by atoms with Crippen molar-refractivity contribution >= 4 is 5.91 Å². The molecule has 0 bridgehead atoms. The first-order chi connectivity index (χ1) is 6.70. The lowest BCUT2D eigenvalue weighted by molar-refractivity contribution is 0.0816. The minimum Gasteiger partial charge on any atom is -0.388 e. The van der Waals surface area contributed by atoms with E-state index in [1.165, 1.54) is 0 Å². The highest BCUT2D eigenvalue weighted by atomic mass is 16.4. The van der Waals surface area contributed by atoms with Crippen LogP contribution in [-0.4, -0.2) is 32.1 Å². The van der Waals surface area contributed by atoms with Gasteiger partial charge in [0.25, 0.3) is 5.91 Å². The van der Waals surface area contributed by atoms with Crippen molar-refractivity contribution in [3.8, 4) is 0 Å². The lowest BCUT2D eigenvalue weighted by atomic mass is 10.1. The van der Waals surface area contributed by atoms with Crippen LogP contribution in [0.1, 0.15) is 15.9 Å². The first-order valence-corrected chi connectivity index (χ1v) is 4.44. The number of amides is 1. The lowest BCUT2D eigenvalue weighted by Gasteiger charge is -2.04. The molecule has 3 nitrogen and oxygen atoms in total. The van der Waals surface area contributed by atoms with Crippen LogP contribution in [0.25, 0.3) is 0 Å². The largest absolute Gasteiger partial charge is 0.388 e. The van der Waals surface area contributed by atoms with Gasteiger partial charge in [-0.25, -0.2) is 0 Å². The Morgan fingerprint density at radius 3 is 2.43 bits per heavy atom. The highest BCUT2D eigenvalue weighted by Gasteiger charge is 2.22. The van der Waals surface area contributed by atoms with Crippen LogP contribution in [0.4, 0.5) is 0 Å². The van der Waals surface area contributed by atoms with E-state index in [2.05, 4.69) is 4.74 Å². The van der Waals surface area contributed by atoms with Crippen LogP contribution in [0, 0.1) is 0 Å². The van der Waals surface area contributed by atoms with Gasteiger partial charge in [-0.15, -0.1) is 0 Å². The second kappa shape index (κ2) is 4.77. The minimum atomic E-state index is 0.139. The third kappa shape index (κ3) is 2.12. The molecular weight excluding hydrogens is 178 g/mol. The van der Waals surface area contributed by atoms with Crippen LogP contribution in [0.3, 0.4) is 0 Å². The van der Waals surface area contributed by atoms with Crippen LogP contribution < -0.4 is 0 Å². The Balaban J connectivity index is 0.000000293. The molecule has 1 aromatic rings. The van der Waals surface area contributed by atoms with Gasteiger partial charge in [-0.3, -0.25) is 4.79 Å². The Morgan fingerprint density at radius 2 is 1.86 bits per heavy atom. The summed E-state index contributed by atoms with van der Waals surface area (Å²) in [6.07, 6.45) is 0. The number of carbonyl (C=O) groups is 1. The van der Waals surface area contributed by atoms with Crippen LogP contribution >= 0.6 is 0 Å². The Bertz CT molecular complexity index is 323. The molecule has 0 saturated heterocycles. The van der Waals surface area contributed by atoms with Gasteiger partial charge in [0.2, 0.25) is 0 Å². The maximum absolute atomic E-state index is 11.3. The Morgan fingerprint density at radius 1 is 1.29 bits per heavy atom. The monoisotopic (exact) mass is 193 g/mol. The smallest absolute Gasteiger partial charge is 0.254 e. The van der Waals surface area contributed by atoms with Gasteiger partial charge in [-0.1, -0.05) is 18.2 Å². The van der Waals surface area contributed by atoms with E-state index in [1.54, 1.807) is 19.1 Å². The van der Waals surface area contributed by atoms with E-state index >= 15 is 0 Å². The summed E-state index contributed by atoms with van der Waals surface area (Å²) in [5.74, 6) is 0.139. The quantitative estimate of drug-likeness (QED) is 0.625. The first-order valence-electron chi connectivity index (χ1n) is 4.44. The van der Waals surface area contributed by atoms with E-state index in [9.17, 15) is 4.79 Å². The number of hydrogen-bond acceptors (Lipinski definition) is 2. The summed E-state index contributed by atoms with van der Waals surface area (Å²) in [7, 11) is 5.07. The van der Waals surface area contributed by atoms with E-state index in [-0.39, 0.29) is 5.91 Å². The van der Waals surface area contributed by atoms with E-state index < -0.39 is 0 Å². The fourth-order valence-corrected chi connectivity index (χ4v) is 1.40. The average molecular weight is 193 g/mol. The van der Waals surface area contributed by atoms with Gasteiger partial charge in [0.1, 0.15) is 0 Å². The summed E-state index contributed by atoms with van der Waals surface area (Å²) in [5, 5.41) is 0. The molecule has 0 spiro atoms.